The van der Waals surface area contributed by atoms with Crippen LogP contribution in [-0.2, 0) is 4.79 Å². The second-order valence-corrected chi connectivity index (χ2v) is 5.52. The molecule has 0 radical (unpaired) electrons. The van der Waals surface area contributed by atoms with E-state index in [-0.39, 0.29) is 0 Å². The summed E-state index contributed by atoms with van der Waals surface area (Å²) in [6.07, 6.45) is 10.9. The number of nitrogens with one attached hydrogen (secondary N) is 1. The highest BCUT2D eigenvalue weighted by Crippen LogP contribution is 2.23. The average molecular weight is 290 g/mol. The second-order valence-electron chi connectivity index (χ2n) is 4.73. The molecule has 1 N–H and O–H groups in total. The van der Waals surface area contributed by atoms with Crippen molar-refractivity contribution < 1.29 is 4.79 Å². The summed E-state index contributed by atoms with van der Waals surface area (Å²) in [6, 6.07) is 0. The molecule has 1 fully saturated rings. The number of amides is 1. The highest BCUT2D eigenvalue weighted by Gasteiger charge is 2.20. The molecule has 1 aliphatic rings. The molecule has 0 saturated heterocycles. The van der Waals surface area contributed by atoms with E-state index in [4.69, 9.17) is 0 Å². The first-order chi connectivity index (χ1) is 7.84. The summed E-state index contributed by atoms with van der Waals surface area (Å²) in [5, 5.41) is 4.18. The lowest BCUT2D eigenvalue weighted by Gasteiger charge is -2.20. The molecule has 3 heteroatoms. The van der Waals surface area contributed by atoms with Gasteiger partial charge in [0.2, 0.25) is 5.91 Å². The zero-order valence-electron chi connectivity index (χ0n) is 10.1. The zero-order chi connectivity index (χ0) is 11.6. The maximum absolute atomic E-state index is 11.8. The fraction of sp³-hybridized carbons (Fsp3) is 0.923. The van der Waals surface area contributed by atoms with Crippen molar-refractivity contribution in [3.05, 3.63) is 0 Å². The minimum atomic E-state index is 0.306. The van der Waals surface area contributed by atoms with Crippen LogP contribution < -0.4 is 5.32 Å². The zero-order valence-corrected chi connectivity index (χ0v) is 11.7. The summed E-state index contributed by atoms with van der Waals surface area (Å²) < 4.78 is 0. The van der Waals surface area contributed by atoms with Gasteiger partial charge in [-0.3, -0.25) is 4.79 Å². The molecule has 16 heavy (non-hydrogen) atoms. The van der Waals surface area contributed by atoms with Crippen LogP contribution >= 0.6 is 15.9 Å². The minimum Gasteiger partial charge on any atom is -0.356 e. The Morgan fingerprint density at radius 2 is 1.75 bits per heavy atom. The third-order valence-electron chi connectivity index (χ3n) is 3.34. The molecule has 2 nitrogen and oxygen atoms in total. The van der Waals surface area contributed by atoms with E-state index in [0.717, 1.165) is 31.1 Å². The SMILES string of the molecule is O=C(NCCCCCCBr)C1CCCCC1. The molecule has 1 saturated carbocycles. The van der Waals surface area contributed by atoms with Crippen molar-refractivity contribution in [3.63, 3.8) is 0 Å². The number of rotatable bonds is 7. The summed E-state index contributed by atoms with van der Waals surface area (Å²) in [5.74, 6) is 0.622. The molecule has 0 aromatic rings. The van der Waals surface area contributed by atoms with E-state index in [1.54, 1.807) is 0 Å². The molecule has 0 bridgehead atoms. The molecule has 0 unspecified atom stereocenters. The lowest BCUT2D eigenvalue weighted by atomic mass is 9.89. The van der Waals surface area contributed by atoms with Gasteiger partial charge in [0.15, 0.2) is 0 Å². The van der Waals surface area contributed by atoms with Gasteiger partial charge in [0, 0.05) is 17.8 Å². The third-order valence-corrected chi connectivity index (χ3v) is 3.90. The van der Waals surface area contributed by atoms with Crippen LogP contribution in [0.1, 0.15) is 57.8 Å². The summed E-state index contributed by atoms with van der Waals surface area (Å²) in [6.45, 7) is 0.873. The Morgan fingerprint density at radius 3 is 2.44 bits per heavy atom. The Bertz CT molecular complexity index is 190. The van der Waals surface area contributed by atoms with Gasteiger partial charge in [-0.25, -0.2) is 0 Å². The van der Waals surface area contributed by atoms with Crippen molar-refractivity contribution in [1.82, 2.24) is 5.32 Å². The molecular weight excluding hydrogens is 266 g/mol. The number of halogens is 1. The van der Waals surface area contributed by atoms with Crippen LogP contribution in [0.2, 0.25) is 0 Å². The first-order valence-electron chi connectivity index (χ1n) is 6.68. The summed E-state index contributed by atoms with van der Waals surface area (Å²) in [4.78, 5) is 11.8. The van der Waals surface area contributed by atoms with Crippen molar-refractivity contribution in [2.24, 2.45) is 5.92 Å². The first-order valence-corrected chi connectivity index (χ1v) is 7.80. The van der Waals surface area contributed by atoms with Crippen molar-refractivity contribution in [2.45, 2.75) is 57.8 Å². The van der Waals surface area contributed by atoms with Crippen molar-refractivity contribution >= 4 is 21.8 Å². The molecule has 0 heterocycles. The van der Waals surface area contributed by atoms with Crippen molar-refractivity contribution in [2.75, 3.05) is 11.9 Å². The van der Waals surface area contributed by atoms with Gasteiger partial charge in [0.1, 0.15) is 0 Å². The van der Waals surface area contributed by atoms with E-state index in [2.05, 4.69) is 21.2 Å². The summed E-state index contributed by atoms with van der Waals surface area (Å²) in [5.41, 5.74) is 0. The highest BCUT2D eigenvalue weighted by atomic mass is 79.9. The Hall–Kier alpha value is -0.0500. The predicted octanol–water partition coefficient (Wildman–Crippen LogP) is 3.64. The van der Waals surface area contributed by atoms with E-state index in [1.807, 2.05) is 0 Å². The largest absolute Gasteiger partial charge is 0.356 e. The minimum absolute atomic E-state index is 0.306. The maximum Gasteiger partial charge on any atom is 0.223 e. The van der Waals surface area contributed by atoms with Crippen LogP contribution in [0.3, 0.4) is 0 Å². The topological polar surface area (TPSA) is 29.1 Å². The number of hydrogen-bond donors (Lipinski definition) is 1. The van der Waals surface area contributed by atoms with E-state index < -0.39 is 0 Å². The normalized spacial score (nSPS) is 17.3. The molecule has 94 valence electrons. The summed E-state index contributed by atoms with van der Waals surface area (Å²) >= 11 is 3.42. The quantitative estimate of drug-likeness (QED) is 0.563. The Morgan fingerprint density at radius 1 is 1.06 bits per heavy atom. The number of carbonyl (C=O) groups is 1. The number of alkyl halides is 1. The smallest absolute Gasteiger partial charge is 0.223 e. The molecule has 0 atom stereocenters. The van der Waals surface area contributed by atoms with Gasteiger partial charge in [0.05, 0.1) is 0 Å². The van der Waals surface area contributed by atoms with Gasteiger partial charge in [-0.05, 0) is 25.7 Å². The second kappa shape index (κ2) is 9.03. The average Bonchev–Trinajstić information content (AvgIpc) is 2.34. The van der Waals surface area contributed by atoms with Gasteiger partial charge >= 0.3 is 0 Å². The van der Waals surface area contributed by atoms with E-state index in [9.17, 15) is 4.79 Å². The summed E-state index contributed by atoms with van der Waals surface area (Å²) in [7, 11) is 0. The van der Waals surface area contributed by atoms with Gasteiger partial charge < -0.3 is 5.32 Å². The van der Waals surface area contributed by atoms with E-state index in [1.165, 1.54) is 38.5 Å². The molecule has 0 aliphatic heterocycles. The Labute approximate surface area is 108 Å². The van der Waals surface area contributed by atoms with Gasteiger partial charge in [-0.15, -0.1) is 0 Å². The fourth-order valence-electron chi connectivity index (χ4n) is 2.29. The van der Waals surface area contributed by atoms with Crippen LogP contribution in [0, 0.1) is 5.92 Å². The lowest BCUT2D eigenvalue weighted by molar-refractivity contribution is -0.125. The van der Waals surface area contributed by atoms with Crippen LogP contribution in [0.15, 0.2) is 0 Å². The molecular formula is C13H24BrNO. The Kier molecular flexibility index (Phi) is 7.91. The molecule has 0 aromatic carbocycles. The molecule has 0 aromatic heterocycles. The van der Waals surface area contributed by atoms with E-state index in [0.29, 0.717) is 11.8 Å². The van der Waals surface area contributed by atoms with Crippen molar-refractivity contribution in [3.8, 4) is 0 Å². The van der Waals surface area contributed by atoms with Crippen LogP contribution in [0.4, 0.5) is 0 Å². The van der Waals surface area contributed by atoms with Crippen LogP contribution in [0.25, 0.3) is 0 Å². The maximum atomic E-state index is 11.8. The first kappa shape index (κ1) is 14.0. The highest BCUT2D eigenvalue weighted by molar-refractivity contribution is 9.09. The lowest BCUT2D eigenvalue weighted by Crippen LogP contribution is -2.32. The van der Waals surface area contributed by atoms with Crippen LogP contribution in [0.5, 0.6) is 0 Å². The molecule has 1 rings (SSSR count). The van der Waals surface area contributed by atoms with Gasteiger partial charge in [0.25, 0.3) is 0 Å². The number of carbonyl (C=O) groups excluding carboxylic acids is 1. The van der Waals surface area contributed by atoms with E-state index >= 15 is 0 Å². The number of hydrogen-bond acceptors (Lipinski definition) is 1. The van der Waals surface area contributed by atoms with Crippen LogP contribution in [-0.4, -0.2) is 17.8 Å². The Balaban J connectivity index is 1.97. The molecule has 1 amide bonds. The number of unbranched alkanes of at least 4 members (excludes halogenated alkanes) is 3. The fourth-order valence-corrected chi connectivity index (χ4v) is 2.69. The third kappa shape index (κ3) is 5.88. The van der Waals surface area contributed by atoms with Gasteiger partial charge in [-0.1, -0.05) is 48.0 Å². The van der Waals surface area contributed by atoms with Gasteiger partial charge in [-0.2, -0.15) is 0 Å². The predicted molar refractivity (Wildman–Crippen MR) is 71.8 cm³/mol. The molecule has 1 aliphatic carbocycles. The molecule has 0 spiro atoms. The monoisotopic (exact) mass is 289 g/mol. The standard InChI is InChI=1S/C13H24BrNO/c14-10-6-1-2-7-11-15-13(16)12-8-4-3-5-9-12/h12H,1-11H2,(H,15,16). The van der Waals surface area contributed by atoms with Crippen molar-refractivity contribution in [1.29, 1.82) is 0 Å².